The van der Waals surface area contributed by atoms with Crippen LogP contribution in [-0.4, -0.2) is 11.2 Å². The molecule has 19 heavy (non-hydrogen) atoms. The number of carboxylic acid groups (broad SMARTS) is 1. The Morgan fingerprint density at radius 1 is 1.21 bits per heavy atom. The summed E-state index contributed by atoms with van der Waals surface area (Å²) in [4.78, 5) is 10.7. The Morgan fingerprint density at radius 3 is 2.63 bits per heavy atom. The summed E-state index contributed by atoms with van der Waals surface area (Å²) in [5.74, 6) is -0.320. The van der Waals surface area contributed by atoms with Crippen LogP contribution >= 0.6 is 15.9 Å². The van der Waals surface area contributed by atoms with Crippen LogP contribution in [0, 0.1) is 5.82 Å². The average Bonchev–Trinajstić information content (AvgIpc) is 2.34. The average molecular weight is 324 g/mol. The van der Waals surface area contributed by atoms with Gasteiger partial charge in [-0.15, -0.1) is 0 Å². The number of anilines is 1. The summed E-state index contributed by atoms with van der Waals surface area (Å²) in [7, 11) is 0. The third-order valence-corrected chi connectivity index (χ3v) is 3.15. The molecule has 2 aromatic rings. The van der Waals surface area contributed by atoms with E-state index in [2.05, 4.69) is 21.2 Å². The van der Waals surface area contributed by atoms with Gasteiger partial charge in [-0.05, 0) is 29.3 Å². The lowest BCUT2D eigenvalue weighted by molar-refractivity contribution is 0.209. The van der Waals surface area contributed by atoms with Crippen molar-refractivity contribution in [2.24, 2.45) is 0 Å². The van der Waals surface area contributed by atoms with E-state index in [0.717, 1.165) is 5.56 Å². The third-order valence-electron chi connectivity index (χ3n) is 2.65. The second-order valence-corrected chi connectivity index (χ2v) is 4.92. The molecule has 2 N–H and O–H groups in total. The molecule has 0 radical (unpaired) electrons. The van der Waals surface area contributed by atoms with Crippen LogP contribution in [0.25, 0.3) is 0 Å². The second kappa shape index (κ2) is 5.84. The smallest absolute Gasteiger partial charge is 0.409 e. The van der Waals surface area contributed by atoms with Gasteiger partial charge in [-0.2, -0.15) is 0 Å². The molecule has 0 aliphatic rings. The summed E-state index contributed by atoms with van der Waals surface area (Å²) in [6, 6.07) is 11.8. The third kappa shape index (κ3) is 3.54. The van der Waals surface area contributed by atoms with E-state index in [1.54, 1.807) is 36.4 Å². The number of hydrogen-bond acceptors (Lipinski definition) is 1. The molecule has 0 aliphatic carbocycles. The molecule has 0 saturated heterocycles. The van der Waals surface area contributed by atoms with Gasteiger partial charge in [0, 0.05) is 16.6 Å². The minimum absolute atomic E-state index is 0.320. The molecule has 0 unspecified atom stereocenters. The standard InChI is InChI=1S/C14H11BrFNO2/c15-11-6-5-9(12(16)8-11)7-10-3-1-2-4-13(10)17-14(18)19/h1-6,8,17H,7H2,(H,18,19). The van der Waals surface area contributed by atoms with Crippen LogP contribution in [0.15, 0.2) is 46.9 Å². The Labute approximate surface area is 118 Å². The molecule has 0 aromatic heterocycles. The Kier molecular flexibility index (Phi) is 4.16. The molecule has 0 saturated carbocycles. The monoisotopic (exact) mass is 323 g/mol. The molecule has 1 amide bonds. The lowest BCUT2D eigenvalue weighted by Crippen LogP contribution is -2.09. The fourth-order valence-electron chi connectivity index (χ4n) is 1.78. The molecule has 0 fully saturated rings. The van der Waals surface area contributed by atoms with Crippen molar-refractivity contribution in [1.82, 2.24) is 0 Å². The van der Waals surface area contributed by atoms with Gasteiger partial charge in [0.25, 0.3) is 0 Å². The zero-order valence-corrected chi connectivity index (χ0v) is 11.4. The molecule has 2 aromatic carbocycles. The number of hydrogen-bond donors (Lipinski definition) is 2. The van der Waals surface area contributed by atoms with E-state index in [1.807, 2.05) is 0 Å². The number of carbonyl (C=O) groups is 1. The highest BCUT2D eigenvalue weighted by Crippen LogP contribution is 2.22. The molecule has 0 atom stereocenters. The van der Waals surface area contributed by atoms with Crippen LogP contribution in [0.4, 0.5) is 14.9 Å². The molecule has 0 bridgehead atoms. The first-order valence-electron chi connectivity index (χ1n) is 5.58. The van der Waals surface area contributed by atoms with Crippen LogP contribution in [0.3, 0.4) is 0 Å². The van der Waals surface area contributed by atoms with Gasteiger partial charge in [0.2, 0.25) is 0 Å². The molecule has 98 valence electrons. The number of para-hydroxylation sites is 1. The fraction of sp³-hybridized carbons (Fsp3) is 0.0714. The van der Waals surface area contributed by atoms with Crippen LogP contribution in [0.1, 0.15) is 11.1 Å². The fourth-order valence-corrected chi connectivity index (χ4v) is 2.11. The number of nitrogens with one attached hydrogen (secondary N) is 1. The summed E-state index contributed by atoms with van der Waals surface area (Å²) >= 11 is 3.20. The first kappa shape index (κ1) is 13.5. The SMILES string of the molecule is O=C(O)Nc1ccccc1Cc1ccc(Br)cc1F. The number of rotatable bonds is 3. The lowest BCUT2D eigenvalue weighted by Gasteiger charge is -2.09. The van der Waals surface area contributed by atoms with Gasteiger partial charge in [0.15, 0.2) is 0 Å². The van der Waals surface area contributed by atoms with Crippen LogP contribution in [0.5, 0.6) is 0 Å². The first-order chi connectivity index (χ1) is 9.06. The van der Waals surface area contributed by atoms with Gasteiger partial charge in [-0.25, -0.2) is 9.18 Å². The van der Waals surface area contributed by atoms with Crippen molar-refractivity contribution in [3.05, 3.63) is 63.9 Å². The van der Waals surface area contributed by atoms with E-state index in [-0.39, 0.29) is 5.82 Å². The molecule has 3 nitrogen and oxygen atoms in total. The van der Waals surface area contributed by atoms with Gasteiger partial charge in [0.05, 0.1) is 0 Å². The predicted molar refractivity (Wildman–Crippen MR) is 75.0 cm³/mol. The summed E-state index contributed by atoms with van der Waals surface area (Å²) in [6.45, 7) is 0. The summed E-state index contributed by atoms with van der Waals surface area (Å²) < 4.78 is 14.4. The van der Waals surface area contributed by atoms with Gasteiger partial charge in [0.1, 0.15) is 5.82 Å². The van der Waals surface area contributed by atoms with E-state index < -0.39 is 6.09 Å². The van der Waals surface area contributed by atoms with E-state index in [1.165, 1.54) is 6.07 Å². The summed E-state index contributed by atoms with van der Waals surface area (Å²) in [5.41, 5.74) is 1.71. The van der Waals surface area contributed by atoms with Crippen molar-refractivity contribution in [3.8, 4) is 0 Å². The van der Waals surface area contributed by atoms with E-state index in [0.29, 0.717) is 22.1 Å². The molecular formula is C14H11BrFNO2. The van der Waals surface area contributed by atoms with Gasteiger partial charge in [-0.1, -0.05) is 40.2 Å². The minimum Gasteiger partial charge on any atom is -0.465 e. The predicted octanol–water partition coefficient (Wildman–Crippen LogP) is 4.27. The summed E-state index contributed by atoms with van der Waals surface area (Å²) in [6.07, 6.45) is -0.807. The Hall–Kier alpha value is -1.88. The normalized spacial score (nSPS) is 10.2. The molecule has 0 heterocycles. The zero-order chi connectivity index (χ0) is 13.8. The highest BCUT2D eigenvalue weighted by Gasteiger charge is 2.08. The lowest BCUT2D eigenvalue weighted by atomic mass is 10.0. The van der Waals surface area contributed by atoms with Crippen molar-refractivity contribution in [2.75, 3.05) is 5.32 Å². The van der Waals surface area contributed by atoms with E-state index in [4.69, 9.17) is 5.11 Å². The van der Waals surface area contributed by atoms with Crippen LogP contribution in [-0.2, 0) is 6.42 Å². The minimum atomic E-state index is -1.14. The quantitative estimate of drug-likeness (QED) is 0.886. The maximum Gasteiger partial charge on any atom is 0.409 e. The molecular weight excluding hydrogens is 313 g/mol. The first-order valence-corrected chi connectivity index (χ1v) is 6.37. The Morgan fingerprint density at radius 2 is 1.95 bits per heavy atom. The maximum absolute atomic E-state index is 13.8. The zero-order valence-electron chi connectivity index (χ0n) is 9.86. The van der Waals surface area contributed by atoms with Crippen LogP contribution in [0.2, 0.25) is 0 Å². The van der Waals surface area contributed by atoms with E-state index in [9.17, 15) is 9.18 Å². The van der Waals surface area contributed by atoms with Crippen molar-refractivity contribution in [1.29, 1.82) is 0 Å². The second-order valence-electron chi connectivity index (χ2n) is 4.00. The summed E-state index contributed by atoms with van der Waals surface area (Å²) in [5, 5.41) is 11.1. The highest BCUT2D eigenvalue weighted by molar-refractivity contribution is 9.10. The topological polar surface area (TPSA) is 49.3 Å². The van der Waals surface area contributed by atoms with E-state index >= 15 is 0 Å². The van der Waals surface area contributed by atoms with Gasteiger partial charge >= 0.3 is 6.09 Å². The Balaban J connectivity index is 2.30. The Bertz CT molecular complexity index is 616. The molecule has 0 aliphatic heterocycles. The van der Waals surface area contributed by atoms with Crippen molar-refractivity contribution in [2.45, 2.75) is 6.42 Å². The number of amides is 1. The van der Waals surface area contributed by atoms with Gasteiger partial charge in [-0.3, -0.25) is 5.32 Å². The van der Waals surface area contributed by atoms with Crippen molar-refractivity contribution in [3.63, 3.8) is 0 Å². The number of benzene rings is 2. The van der Waals surface area contributed by atoms with Crippen molar-refractivity contribution >= 4 is 27.7 Å². The molecule has 2 rings (SSSR count). The maximum atomic E-state index is 13.8. The van der Waals surface area contributed by atoms with Gasteiger partial charge < -0.3 is 5.11 Å². The highest BCUT2D eigenvalue weighted by atomic mass is 79.9. The number of halogens is 2. The van der Waals surface area contributed by atoms with Crippen LogP contribution < -0.4 is 5.32 Å². The molecule has 0 spiro atoms. The van der Waals surface area contributed by atoms with Crippen molar-refractivity contribution < 1.29 is 14.3 Å². The molecule has 5 heteroatoms. The largest absolute Gasteiger partial charge is 0.465 e.